The summed E-state index contributed by atoms with van der Waals surface area (Å²) < 4.78 is 0. The zero-order chi connectivity index (χ0) is 11.7. The molecule has 0 aromatic carbocycles. The molecule has 0 aliphatic heterocycles. The average Bonchev–Trinajstić information content (AvgIpc) is 2.18. The first kappa shape index (κ1) is 14.5. The average molecular weight is 213 g/mol. The van der Waals surface area contributed by atoms with Gasteiger partial charge >= 0.3 is 5.97 Å². The number of carbonyl (C=O) groups is 1. The zero-order valence-corrected chi connectivity index (χ0v) is 10.3. The summed E-state index contributed by atoms with van der Waals surface area (Å²) in [7, 11) is 3.92. The Morgan fingerprint density at radius 3 is 2.47 bits per heavy atom. The van der Waals surface area contributed by atoms with Crippen LogP contribution in [0.15, 0.2) is 0 Å². The topological polar surface area (TPSA) is 49.3 Å². The van der Waals surface area contributed by atoms with Crippen LogP contribution in [-0.4, -0.2) is 32.0 Å². The van der Waals surface area contributed by atoms with Crippen LogP contribution in [0.2, 0.25) is 5.82 Å². The zero-order valence-electron chi connectivity index (χ0n) is 10.3. The van der Waals surface area contributed by atoms with Gasteiger partial charge in [-0.1, -0.05) is 44.8 Å². The highest BCUT2D eigenvalue weighted by Gasteiger charge is 2.15. The predicted octanol–water partition coefficient (Wildman–Crippen LogP) is 1.44. The number of hydrogen-bond donors (Lipinski definition) is 2. The van der Waals surface area contributed by atoms with Crippen molar-refractivity contribution < 1.29 is 9.90 Å². The lowest BCUT2D eigenvalue weighted by atomic mass is 9.79. The van der Waals surface area contributed by atoms with Gasteiger partial charge in [-0.15, -0.1) is 0 Å². The summed E-state index contributed by atoms with van der Waals surface area (Å²) in [5.41, 5.74) is 0. The van der Waals surface area contributed by atoms with E-state index in [0.29, 0.717) is 5.82 Å². The molecule has 0 bridgehead atoms. The molecule has 2 atom stereocenters. The van der Waals surface area contributed by atoms with Crippen molar-refractivity contribution in [3.05, 3.63) is 0 Å². The fourth-order valence-electron chi connectivity index (χ4n) is 1.73. The molecular weight excluding hydrogens is 189 g/mol. The molecule has 0 aromatic rings. The maximum absolute atomic E-state index is 10.7. The Bertz CT molecular complexity index is 176. The second-order valence-electron chi connectivity index (χ2n) is 4.36. The summed E-state index contributed by atoms with van der Waals surface area (Å²) in [6.07, 6.45) is 6.78. The Hall–Kier alpha value is -0.505. The van der Waals surface area contributed by atoms with E-state index in [-0.39, 0.29) is 6.04 Å². The molecule has 2 unspecified atom stereocenters. The van der Waals surface area contributed by atoms with Crippen molar-refractivity contribution >= 4 is 13.8 Å². The largest absolute Gasteiger partial charge is 0.480 e. The minimum Gasteiger partial charge on any atom is -0.480 e. The van der Waals surface area contributed by atoms with E-state index in [0.717, 1.165) is 12.8 Å². The molecule has 0 radical (unpaired) electrons. The van der Waals surface area contributed by atoms with Gasteiger partial charge in [0.2, 0.25) is 0 Å². The van der Waals surface area contributed by atoms with Crippen LogP contribution >= 0.6 is 0 Å². The van der Waals surface area contributed by atoms with Gasteiger partial charge < -0.3 is 10.4 Å². The van der Waals surface area contributed by atoms with Gasteiger partial charge in [-0.25, -0.2) is 0 Å². The van der Waals surface area contributed by atoms with Gasteiger partial charge in [-0.2, -0.15) is 0 Å². The first-order valence-corrected chi connectivity index (χ1v) is 6.01. The number of hydrogen-bond acceptors (Lipinski definition) is 2. The molecule has 0 aromatic heterocycles. The number of nitrogens with one attached hydrogen (secondary N) is 1. The Morgan fingerprint density at radius 2 is 2.00 bits per heavy atom. The first-order valence-electron chi connectivity index (χ1n) is 6.01. The van der Waals surface area contributed by atoms with Gasteiger partial charge in [0.15, 0.2) is 0 Å². The quantitative estimate of drug-likeness (QED) is 0.450. The molecule has 0 spiro atoms. The van der Waals surface area contributed by atoms with Crippen LogP contribution in [-0.2, 0) is 4.79 Å². The Kier molecular flexibility index (Phi) is 8.48. The van der Waals surface area contributed by atoms with Crippen LogP contribution in [0.25, 0.3) is 0 Å². The predicted molar refractivity (Wildman–Crippen MR) is 66.2 cm³/mol. The minimum absolute atomic E-state index is 0.376. The highest BCUT2D eigenvalue weighted by Crippen LogP contribution is 2.18. The van der Waals surface area contributed by atoms with Crippen molar-refractivity contribution in [2.45, 2.75) is 57.3 Å². The summed E-state index contributed by atoms with van der Waals surface area (Å²) in [4.78, 5) is 10.7. The third kappa shape index (κ3) is 7.43. The van der Waals surface area contributed by atoms with E-state index in [9.17, 15) is 4.79 Å². The van der Waals surface area contributed by atoms with E-state index < -0.39 is 5.97 Å². The van der Waals surface area contributed by atoms with Crippen molar-refractivity contribution in [1.29, 1.82) is 0 Å². The smallest absolute Gasteiger partial charge is 0.320 e. The fourth-order valence-corrected chi connectivity index (χ4v) is 1.73. The summed E-state index contributed by atoms with van der Waals surface area (Å²) in [5.74, 6) is -0.0926. The SMILES string of the molecule is BC(CCCCC)CCC(NC)C(=O)O. The fraction of sp³-hybridized carbons (Fsp3) is 0.909. The monoisotopic (exact) mass is 213 g/mol. The van der Waals surface area contributed by atoms with Crippen molar-refractivity contribution in [3.8, 4) is 0 Å². The van der Waals surface area contributed by atoms with E-state index in [4.69, 9.17) is 5.11 Å². The van der Waals surface area contributed by atoms with Crippen LogP contribution < -0.4 is 5.32 Å². The standard InChI is InChI=1S/C11H24BNO2/c1-3-4-5-6-9(12)7-8-10(13-2)11(14)15/h9-10,13H,3-8,12H2,1-2H3,(H,14,15). The van der Waals surface area contributed by atoms with Crippen molar-refractivity contribution in [3.63, 3.8) is 0 Å². The van der Waals surface area contributed by atoms with Crippen LogP contribution in [0.1, 0.15) is 45.4 Å². The maximum atomic E-state index is 10.7. The molecule has 0 amide bonds. The van der Waals surface area contributed by atoms with E-state index in [1.807, 2.05) is 0 Å². The summed E-state index contributed by atoms with van der Waals surface area (Å²) >= 11 is 0. The third-order valence-corrected chi connectivity index (χ3v) is 2.90. The van der Waals surface area contributed by atoms with Gasteiger partial charge in [-0.05, 0) is 13.5 Å². The van der Waals surface area contributed by atoms with Crippen LogP contribution in [0.4, 0.5) is 0 Å². The lowest BCUT2D eigenvalue weighted by molar-refractivity contribution is -0.139. The van der Waals surface area contributed by atoms with Gasteiger partial charge in [0.1, 0.15) is 13.9 Å². The molecule has 0 fully saturated rings. The molecule has 0 heterocycles. The molecule has 0 aliphatic carbocycles. The van der Waals surface area contributed by atoms with Crippen LogP contribution in [0.5, 0.6) is 0 Å². The Morgan fingerprint density at radius 1 is 1.33 bits per heavy atom. The normalized spacial score (nSPS) is 14.8. The minimum atomic E-state index is -0.738. The van der Waals surface area contributed by atoms with E-state index in [1.165, 1.54) is 25.7 Å². The molecule has 0 aliphatic rings. The Labute approximate surface area is 94.0 Å². The lowest BCUT2D eigenvalue weighted by Gasteiger charge is -2.15. The van der Waals surface area contributed by atoms with Gasteiger partial charge in [-0.3, -0.25) is 4.79 Å². The molecule has 0 saturated carbocycles. The summed E-state index contributed by atoms with van der Waals surface area (Å²) in [6, 6.07) is -0.376. The number of aliphatic carboxylic acids is 1. The first-order chi connectivity index (χ1) is 7.11. The Balaban J connectivity index is 3.59. The van der Waals surface area contributed by atoms with Gasteiger partial charge in [0.25, 0.3) is 0 Å². The number of rotatable bonds is 9. The van der Waals surface area contributed by atoms with Crippen molar-refractivity contribution in [2.75, 3.05) is 7.05 Å². The van der Waals surface area contributed by atoms with E-state index >= 15 is 0 Å². The lowest BCUT2D eigenvalue weighted by Crippen LogP contribution is -2.33. The highest BCUT2D eigenvalue weighted by molar-refractivity contribution is 6.11. The van der Waals surface area contributed by atoms with Gasteiger partial charge in [0, 0.05) is 0 Å². The maximum Gasteiger partial charge on any atom is 0.320 e. The number of carboxylic acids is 1. The molecule has 0 saturated heterocycles. The number of unbranched alkanes of at least 4 members (excludes halogenated alkanes) is 2. The molecule has 2 N–H and O–H groups in total. The molecule has 88 valence electrons. The second-order valence-corrected chi connectivity index (χ2v) is 4.36. The molecule has 0 rings (SSSR count). The van der Waals surface area contributed by atoms with E-state index in [2.05, 4.69) is 20.1 Å². The molecular formula is C11H24BNO2. The molecule has 4 heteroatoms. The van der Waals surface area contributed by atoms with Crippen molar-refractivity contribution in [1.82, 2.24) is 5.32 Å². The number of likely N-dealkylation sites (N-methyl/N-ethyl adjacent to an activating group) is 1. The highest BCUT2D eigenvalue weighted by atomic mass is 16.4. The van der Waals surface area contributed by atoms with Crippen molar-refractivity contribution in [2.24, 2.45) is 0 Å². The second kappa shape index (κ2) is 8.78. The summed E-state index contributed by atoms with van der Waals surface area (Å²) in [5, 5.41) is 11.7. The number of carboxylic acid groups (broad SMARTS) is 1. The summed E-state index contributed by atoms with van der Waals surface area (Å²) in [6.45, 7) is 2.20. The van der Waals surface area contributed by atoms with Gasteiger partial charge in [0.05, 0.1) is 0 Å². The third-order valence-electron chi connectivity index (χ3n) is 2.90. The molecule has 15 heavy (non-hydrogen) atoms. The van der Waals surface area contributed by atoms with Crippen LogP contribution in [0.3, 0.4) is 0 Å². The van der Waals surface area contributed by atoms with E-state index in [1.54, 1.807) is 7.05 Å². The van der Waals surface area contributed by atoms with Crippen LogP contribution in [0, 0.1) is 0 Å². The molecule has 3 nitrogen and oxygen atoms in total.